The highest BCUT2D eigenvalue weighted by Gasteiger charge is 2.21. The van der Waals surface area contributed by atoms with E-state index in [9.17, 15) is 14.3 Å². The molecular formula is C17H15FO3. The van der Waals surface area contributed by atoms with Crippen LogP contribution in [0.4, 0.5) is 4.39 Å². The monoisotopic (exact) mass is 286 g/mol. The molecule has 1 unspecified atom stereocenters. The van der Waals surface area contributed by atoms with E-state index in [1.54, 1.807) is 24.3 Å². The molecule has 0 aliphatic heterocycles. The van der Waals surface area contributed by atoms with Crippen molar-refractivity contribution in [2.75, 3.05) is 7.11 Å². The average Bonchev–Trinajstić information content (AvgIpc) is 2.53. The van der Waals surface area contributed by atoms with Crippen LogP contribution in [0.15, 0.2) is 55.1 Å². The number of hydrogen-bond acceptors (Lipinski definition) is 3. The smallest absolute Gasteiger partial charge is 0.339 e. The van der Waals surface area contributed by atoms with Crippen molar-refractivity contribution in [3.8, 4) is 11.1 Å². The minimum atomic E-state index is -1.50. The highest BCUT2D eigenvalue weighted by Crippen LogP contribution is 2.26. The summed E-state index contributed by atoms with van der Waals surface area (Å²) in [7, 11) is 1.16. The van der Waals surface area contributed by atoms with Crippen LogP contribution >= 0.6 is 0 Å². The fourth-order valence-electron chi connectivity index (χ4n) is 1.98. The highest BCUT2D eigenvalue weighted by atomic mass is 19.1. The zero-order valence-corrected chi connectivity index (χ0v) is 11.5. The van der Waals surface area contributed by atoms with Crippen LogP contribution in [0, 0.1) is 5.82 Å². The van der Waals surface area contributed by atoms with Gasteiger partial charge in [0.2, 0.25) is 0 Å². The number of esters is 1. The van der Waals surface area contributed by atoms with E-state index >= 15 is 0 Å². The topological polar surface area (TPSA) is 46.5 Å². The van der Waals surface area contributed by atoms with Crippen molar-refractivity contribution in [2.45, 2.75) is 6.10 Å². The lowest BCUT2D eigenvalue weighted by Crippen LogP contribution is -2.22. The summed E-state index contributed by atoms with van der Waals surface area (Å²) in [6.07, 6.45) is -1.50. The molecule has 108 valence electrons. The van der Waals surface area contributed by atoms with Gasteiger partial charge >= 0.3 is 5.97 Å². The molecule has 4 heteroatoms. The molecule has 0 heterocycles. The largest absolute Gasteiger partial charge is 0.467 e. The summed E-state index contributed by atoms with van der Waals surface area (Å²) >= 11 is 0. The van der Waals surface area contributed by atoms with E-state index in [0.29, 0.717) is 11.1 Å². The van der Waals surface area contributed by atoms with Crippen molar-refractivity contribution < 1.29 is 19.0 Å². The molecule has 0 aliphatic rings. The fraction of sp³-hybridized carbons (Fsp3) is 0.118. The number of rotatable bonds is 4. The third-order valence-corrected chi connectivity index (χ3v) is 3.18. The molecule has 0 saturated carbocycles. The molecule has 3 nitrogen and oxygen atoms in total. The minimum absolute atomic E-state index is 0.0976. The van der Waals surface area contributed by atoms with Crippen LogP contribution in [0.2, 0.25) is 0 Å². The van der Waals surface area contributed by atoms with Crippen LogP contribution in [-0.4, -0.2) is 24.3 Å². The summed E-state index contributed by atoms with van der Waals surface area (Å²) in [6.45, 7) is 3.62. The van der Waals surface area contributed by atoms with Crippen molar-refractivity contribution in [1.82, 2.24) is 0 Å². The lowest BCUT2D eigenvalue weighted by molar-refractivity contribution is -0.147. The van der Waals surface area contributed by atoms with Gasteiger partial charge in [0.15, 0.2) is 6.10 Å². The minimum Gasteiger partial charge on any atom is -0.467 e. The number of benzene rings is 2. The Labute approximate surface area is 122 Å². The van der Waals surface area contributed by atoms with Gasteiger partial charge in [-0.2, -0.15) is 0 Å². The second-order valence-electron chi connectivity index (χ2n) is 4.51. The number of ether oxygens (including phenoxy) is 1. The van der Waals surface area contributed by atoms with Gasteiger partial charge < -0.3 is 9.84 Å². The predicted octanol–water partition coefficient (Wildman–Crippen LogP) is 3.04. The number of aliphatic hydroxyl groups is 1. The Morgan fingerprint density at radius 3 is 2.48 bits per heavy atom. The Morgan fingerprint density at radius 1 is 1.24 bits per heavy atom. The Morgan fingerprint density at radius 2 is 1.90 bits per heavy atom. The molecule has 0 spiro atoms. The maximum Gasteiger partial charge on any atom is 0.339 e. The van der Waals surface area contributed by atoms with Gasteiger partial charge in [-0.25, -0.2) is 9.18 Å². The third kappa shape index (κ3) is 3.17. The molecule has 0 amide bonds. The summed E-state index contributed by atoms with van der Waals surface area (Å²) < 4.78 is 18.6. The number of halogens is 1. The van der Waals surface area contributed by atoms with Crippen molar-refractivity contribution in [3.05, 3.63) is 66.5 Å². The average molecular weight is 286 g/mol. The first-order valence-electron chi connectivity index (χ1n) is 6.34. The SMILES string of the molecule is C=C(c1ccc(-c2ccccc2)c(F)c1)C(O)C(=O)OC. The lowest BCUT2D eigenvalue weighted by Gasteiger charge is -2.13. The zero-order chi connectivity index (χ0) is 15.4. The summed E-state index contributed by atoms with van der Waals surface area (Å²) in [5.74, 6) is -1.27. The molecule has 0 aliphatic carbocycles. The molecule has 2 rings (SSSR count). The van der Waals surface area contributed by atoms with E-state index in [1.807, 2.05) is 18.2 Å². The van der Waals surface area contributed by atoms with Crippen molar-refractivity contribution in [3.63, 3.8) is 0 Å². The highest BCUT2D eigenvalue weighted by molar-refractivity contribution is 5.90. The fourth-order valence-corrected chi connectivity index (χ4v) is 1.98. The Kier molecular flexibility index (Phi) is 4.50. The standard InChI is InChI=1S/C17H15FO3/c1-11(16(19)17(20)21-2)13-8-9-14(15(18)10-13)12-6-4-3-5-7-12/h3-10,16,19H,1H2,2H3. The van der Waals surface area contributed by atoms with Crippen molar-refractivity contribution >= 4 is 11.5 Å². The summed E-state index contributed by atoms with van der Waals surface area (Å²) in [5, 5.41) is 9.72. The lowest BCUT2D eigenvalue weighted by atomic mass is 9.98. The van der Waals surface area contributed by atoms with Gasteiger partial charge in [-0.3, -0.25) is 0 Å². The van der Waals surface area contributed by atoms with Gasteiger partial charge in [-0.1, -0.05) is 49.0 Å². The van der Waals surface area contributed by atoms with Gasteiger partial charge in [0.1, 0.15) is 5.82 Å². The molecule has 0 bridgehead atoms. The quantitative estimate of drug-likeness (QED) is 0.879. The van der Waals surface area contributed by atoms with E-state index < -0.39 is 17.9 Å². The number of hydrogen-bond donors (Lipinski definition) is 1. The predicted molar refractivity (Wildman–Crippen MR) is 78.9 cm³/mol. The van der Waals surface area contributed by atoms with Gasteiger partial charge in [0.05, 0.1) is 7.11 Å². The molecule has 1 atom stereocenters. The van der Waals surface area contributed by atoms with E-state index in [1.165, 1.54) is 6.07 Å². The normalized spacial score (nSPS) is 11.8. The van der Waals surface area contributed by atoms with Crippen LogP contribution in [-0.2, 0) is 9.53 Å². The molecule has 0 fully saturated rings. The molecule has 0 radical (unpaired) electrons. The second-order valence-corrected chi connectivity index (χ2v) is 4.51. The number of carbonyl (C=O) groups excluding carboxylic acids is 1. The van der Waals surface area contributed by atoms with E-state index in [2.05, 4.69) is 11.3 Å². The summed E-state index contributed by atoms with van der Waals surface area (Å²) in [6, 6.07) is 13.5. The number of aliphatic hydroxyl groups excluding tert-OH is 1. The second kappa shape index (κ2) is 6.33. The van der Waals surface area contributed by atoms with Gasteiger partial charge in [-0.15, -0.1) is 0 Å². The molecule has 0 saturated heterocycles. The van der Waals surface area contributed by atoms with Gasteiger partial charge in [-0.05, 0) is 22.8 Å². The zero-order valence-electron chi connectivity index (χ0n) is 11.5. The first-order chi connectivity index (χ1) is 10.0. The van der Waals surface area contributed by atoms with E-state index in [4.69, 9.17) is 0 Å². The number of carbonyl (C=O) groups is 1. The summed E-state index contributed by atoms with van der Waals surface area (Å²) in [5.41, 5.74) is 1.64. The molecular weight excluding hydrogens is 271 g/mol. The Balaban J connectivity index is 2.32. The molecule has 2 aromatic rings. The maximum atomic E-state index is 14.2. The van der Waals surface area contributed by atoms with E-state index in [-0.39, 0.29) is 5.57 Å². The maximum absolute atomic E-state index is 14.2. The Hall–Kier alpha value is -2.46. The molecule has 1 N–H and O–H groups in total. The molecule has 21 heavy (non-hydrogen) atoms. The van der Waals surface area contributed by atoms with Crippen LogP contribution in [0.1, 0.15) is 5.56 Å². The van der Waals surface area contributed by atoms with Gasteiger partial charge in [0, 0.05) is 5.56 Å². The Bertz CT molecular complexity index is 665. The van der Waals surface area contributed by atoms with Crippen LogP contribution in [0.25, 0.3) is 16.7 Å². The molecule has 2 aromatic carbocycles. The van der Waals surface area contributed by atoms with Gasteiger partial charge in [0.25, 0.3) is 0 Å². The van der Waals surface area contributed by atoms with E-state index in [0.717, 1.165) is 12.7 Å². The number of methoxy groups -OCH3 is 1. The summed E-state index contributed by atoms with van der Waals surface area (Å²) in [4.78, 5) is 11.3. The third-order valence-electron chi connectivity index (χ3n) is 3.18. The van der Waals surface area contributed by atoms with Crippen LogP contribution < -0.4 is 0 Å². The van der Waals surface area contributed by atoms with Crippen LogP contribution in [0.3, 0.4) is 0 Å². The van der Waals surface area contributed by atoms with Crippen molar-refractivity contribution in [2.24, 2.45) is 0 Å². The van der Waals surface area contributed by atoms with Crippen LogP contribution in [0.5, 0.6) is 0 Å². The van der Waals surface area contributed by atoms with Crippen molar-refractivity contribution in [1.29, 1.82) is 0 Å². The first-order valence-corrected chi connectivity index (χ1v) is 6.34. The molecule has 0 aromatic heterocycles. The first kappa shape index (κ1) is 14.9.